The minimum Gasteiger partial charge on any atom is -0.163 e. The molecule has 4 heteroatoms. The summed E-state index contributed by atoms with van der Waals surface area (Å²) in [6.07, 6.45) is 1.53. The van der Waals surface area contributed by atoms with Gasteiger partial charge in [0.2, 0.25) is 0 Å². The van der Waals surface area contributed by atoms with Gasteiger partial charge in [0.05, 0.1) is 17.6 Å². The molecule has 0 aliphatic carbocycles. The highest BCUT2D eigenvalue weighted by atomic mass is 32.1. The minimum atomic E-state index is 0.527. The molecule has 0 fully saturated rings. The maximum absolute atomic E-state index is 4.70. The first kappa shape index (κ1) is 4.52. The molecular weight excluding hydrogens is 110 g/mol. The Balaban J connectivity index is 2.66. The molecule has 7 heavy (non-hydrogen) atoms. The van der Waals surface area contributed by atoms with Crippen LogP contribution in [0.1, 0.15) is 0 Å². The van der Waals surface area contributed by atoms with Gasteiger partial charge < -0.3 is 0 Å². The highest BCUT2D eigenvalue weighted by Crippen LogP contribution is 1.86. The molecule has 0 unspecified atom stereocenters. The summed E-state index contributed by atoms with van der Waals surface area (Å²) in [6, 6.07) is 0. The molecule has 1 rings (SSSR count). The largest absolute Gasteiger partial charge is 0.163 e. The van der Waals surface area contributed by atoms with Crippen LogP contribution in [0.2, 0.25) is 0 Å². The highest BCUT2D eigenvalue weighted by molar-refractivity contribution is 7.82. The summed E-state index contributed by atoms with van der Waals surface area (Å²) < 4.78 is 0. The van der Waals surface area contributed by atoms with Crippen molar-refractivity contribution in [2.45, 2.75) is 0 Å². The van der Waals surface area contributed by atoms with Crippen molar-refractivity contribution in [1.82, 2.24) is 0 Å². The van der Waals surface area contributed by atoms with Gasteiger partial charge in [-0.2, -0.15) is 5.11 Å². The Labute approximate surface area is 46.1 Å². The number of nitrogens with zero attached hydrogens (tertiary/aromatic N) is 3. The topological polar surface area (TPSA) is 37.1 Å². The van der Waals surface area contributed by atoms with Crippen molar-refractivity contribution >= 4 is 23.3 Å². The molecule has 1 heterocycles. The van der Waals surface area contributed by atoms with Gasteiger partial charge in [0.1, 0.15) is 0 Å². The molecule has 36 valence electrons. The lowest BCUT2D eigenvalue weighted by molar-refractivity contribution is 0.982. The number of hydrogen-bond donors (Lipinski definition) is 0. The number of thiocarbonyl (C=S) groups is 1. The van der Waals surface area contributed by atoms with E-state index in [9.17, 15) is 0 Å². The van der Waals surface area contributed by atoms with Gasteiger partial charge in [-0.05, 0) is 5.22 Å². The van der Waals surface area contributed by atoms with E-state index in [1.807, 2.05) is 0 Å². The van der Waals surface area contributed by atoms with Crippen LogP contribution in [0.3, 0.4) is 0 Å². The smallest absolute Gasteiger partial charge is 0.0988 e. The number of rotatable bonds is 0. The van der Waals surface area contributed by atoms with Crippen LogP contribution < -0.4 is 0 Å². The van der Waals surface area contributed by atoms with E-state index < -0.39 is 0 Å². The van der Waals surface area contributed by atoms with Crippen LogP contribution in [0.15, 0.2) is 15.4 Å². The number of hydrogen-bond acceptors (Lipinski definition) is 4. The average molecular weight is 113 g/mol. The Morgan fingerprint density at radius 1 is 1.71 bits per heavy atom. The molecule has 0 saturated heterocycles. The second-order valence-corrected chi connectivity index (χ2v) is 1.62. The molecule has 0 spiro atoms. The average Bonchev–Trinajstić information content (AvgIpc) is 1.69. The zero-order valence-corrected chi connectivity index (χ0v) is 4.35. The maximum atomic E-state index is 4.70. The lowest BCUT2D eigenvalue weighted by atomic mass is 10.5. The zero-order valence-electron chi connectivity index (χ0n) is 3.53. The second-order valence-electron chi connectivity index (χ2n) is 1.10. The summed E-state index contributed by atoms with van der Waals surface area (Å²) in [5.74, 6) is 0. The van der Waals surface area contributed by atoms with Crippen LogP contribution in [0, 0.1) is 0 Å². The van der Waals surface area contributed by atoms with Gasteiger partial charge in [0, 0.05) is 0 Å². The molecule has 0 amide bonds. The monoisotopic (exact) mass is 113 g/mol. The molecule has 0 saturated carbocycles. The summed E-state index contributed by atoms with van der Waals surface area (Å²) in [5.41, 5.74) is 0. The van der Waals surface area contributed by atoms with E-state index in [1.165, 1.54) is 6.21 Å². The van der Waals surface area contributed by atoms with Crippen LogP contribution in [0.5, 0.6) is 0 Å². The molecular formula is C3H3N3S. The molecule has 0 radical (unpaired) electrons. The van der Waals surface area contributed by atoms with E-state index in [0.29, 0.717) is 6.54 Å². The van der Waals surface area contributed by atoms with E-state index in [2.05, 4.69) is 15.4 Å². The Morgan fingerprint density at radius 3 is 2.86 bits per heavy atom. The summed E-state index contributed by atoms with van der Waals surface area (Å²) in [4.78, 5) is 0.745. The van der Waals surface area contributed by atoms with Gasteiger partial charge >= 0.3 is 0 Å². The third-order valence-corrected chi connectivity index (χ3v) is 0.778. The van der Waals surface area contributed by atoms with Gasteiger partial charge in [-0.3, -0.25) is 0 Å². The second kappa shape index (κ2) is 1.88. The molecule has 0 N–H and O–H groups in total. The molecule has 0 aromatic heterocycles. The fourth-order valence-corrected chi connectivity index (χ4v) is 0.374. The van der Waals surface area contributed by atoms with E-state index in [4.69, 9.17) is 12.2 Å². The summed E-state index contributed by atoms with van der Waals surface area (Å²) in [6.45, 7) is 0.527. The molecule has 1 aliphatic rings. The molecule has 0 aromatic carbocycles. The zero-order chi connectivity index (χ0) is 5.11. The molecule has 0 aromatic rings. The summed E-state index contributed by atoms with van der Waals surface area (Å²) in [7, 11) is 0. The highest BCUT2D eigenvalue weighted by Gasteiger charge is 1.91. The fourth-order valence-electron chi connectivity index (χ4n) is 0.269. The fraction of sp³-hybridized carbons (Fsp3) is 0.333. The van der Waals surface area contributed by atoms with Crippen LogP contribution in [-0.4, -0.2) is 17.6 Å². The maximum Gasteiger partial charge on any atom is 0.0988 e. The quantitative estimate of drug-likeness (QED) is 0.428. The van der Waals surface area contributed by atoms with Crippen molar-refractivity contribution in [2.75, 3.05) is 6.54 Å². The van der Waals surface area contributed by atoms with Gasteiger partial charge in [0.15, 0.2) is 0 Å². The molecule has 3 nitrogen and oxygen atoms in total. The van der Waals surface area contributed by atoms with Crippen LogP contribution in [0.25, 0.3) is 0 Å². The van der Waals surface area contributed by atoms with Crippen LogP contribution in [-0.2, 0) is 0 Å². The van der Waals surface area contributed by atoms with Crippen molar-refractivity contribution in [2.24, 2.45) is 15.4 Å². The van der Waals surface area contributed by atoms with Gasteiger partial charge in [-0.25, -0.2) is 0 Å². The van der Waals surface area contributed by atoms with Crippen molar-refractivity contribution in [3.63, 3.8) is 0 Å². The van der Waals surface area contributed by atoms with Crippen molar-refractivity contribution in [3.05, 3.63) is 0 Å². The normalized spacial score (nSPS) is 18.0. The van der Waals surface area contributed by atoms with Crippen molar-refractivity contribution in [1.29, 1.82) is 0 Å². The summed E-state index contributed by atoms with van der Waals surface area (Å²) in [5, 5.41) is 10.3. The van der Waals surface area contributed by atoms with Gasteiger partial charge in [-0.15, -0.1) is 5.10 Å². The Morgan fingerprint density at radius 2 is 2.57 bits per heavy atom. The van der Waals surface area contributed by atoms with E-state index in [0.717, 1.165) is 4.86 Å². The SMILES string of the molecule is S=C1C=NN=NC1. The first-order valence-electron chi connectivity index (χ1n) is 1.82. The third kappa shape index (κ3) is 1.12. The van der Waals surface area contributed by atoms with E-state index in [-0.39, 0.29) is 0 Å². The van der Waals surface area contributed by atoms with Gasteiger partial charge in [0.25, 0.3) is 0 Å². The van der Waals surface area contributed by atoms with Crippen LogP contribution >= 0.6 is 12.2 Å². The predicted molar refractivity (Wildman–Crippen MR) is 30.8 cm³/mol. The van der Waals surface area contributed by atoms with Crippen molar-refractivity contribution < 1.29 is 0 Å². The first-order valence-corrected chi connectivity index (χ1v) is 2.23. The molecule has 0 bridgehead atoms. The van der Waals surface area contributed by atoms with Crippen molar-refractivity contribution in [3.8, 4) is 0 Å². The molecule has 1 aliphatic heterocycles. The summed E-state index contributed by atoms with van der Waals surface area (Å²) >= 11 is 4.70. The lowest BCUT2D eigenvalue weighted by Crippen LogP contribution is -2.01. The standard InChI is InChI=1S/C3H3N3S/c7-3-1-4-6-5-2-3/h1H,2H2. The van der Waals surface area contributed by atoms with E-state index >= 15 is 0 Å². The minimum absolute atomic E-state index is 0.527. The van der Waals surface area contributed by atoms with E-state index in [1.54, 1.807) is 0 Å². The predicted octanol–water partition coefficient (Wildman–Crippen LogP) is 0.808. The van der Waals surface area contributed by atoms with Crippen LogP contribution in [0.4, 0.5) is 0 Å². The Hall–Kier alpha value is -0.640. The Bertz CT molecular complexity index is 137. The Kier molecular flexibility index (Phi) is 1.21. The lowest BCUT2D eigenvalue weighted by Gasteiger charge is -1.89. The van der Waals surface area contributed by atoms with Gasteiger partial charge in [-0.1, -0.05) is 12.2 Å². The molecule has 0 atom stereocenters. The third-order valence-electron chi connectivity index (χ3n) is 0.543. The first-order chi connectivity index (χ1) is 3.39.